The summed E-state index contributed by atoms with van der Waals surface area (Å²) in [4.78, 5) is 7.91. The fourth-order valence-electron chi connectivity index (χ4n) is 0.898. The maximum absolute atomic E-state index is 5.53. The van der Waals surface area contributed by atoms with Gasteiger partial charge in [-0.05, 0) is 6.42 Å². The predicted molar refractivity (Wildman–Crippen MR) is 53.4 cm³/mol. The second-order valence-electron chi connectivity index (χ2n) is 2.82. The van der Waals surface area contributed by atoms with Crippen LogP contribution in [0.25, 0.3) is 0 Å². The Hall–Kier alpha value is -1.52. The van der Waals surface area contributed by atoms with Gasteiger partial charge in [0.05, 0.1) is 13.7 Å². The first-order valence-corrected chi connectivity index (χ1v) is 4.57. The molecule has 2 N–H and O–H groups in total. The van der Waals surface area contributed by atoms with Crippen LogP contribution in [0.5, 0.6) is 11.9 Å². The van der Waals surface area contributed by atoms with Crippen molar-refractivity contribution in [1.82, 2.24) is 9.97 Å². The highest BCUT2D eigenvalue weighted by Crippen LogP contribution is 2.14. The van der Waals surface area contributed by atoms with Crippen LogP contribution in [0.3, 0.4) is 0 Å². The second kappa shape index (κ2) is 5.26. The summed E-state index contributed by atoms with van der Waals surface area (Å²) in [6, 6.07) is 1.82. The van der Waals surface area contributed by atoms with Crippen molar-refractivity contribution in [2.24, 2.45) is 0 Å². The van der Waals surface area contributed by atoms with Crippen LogP contribution < -0.4 is 15.2 Å². The van der Waals surface area contributed by atoms with Crippen molar-refractivity contribution in [1.29, 1.82) is 0 Å². The minimum Gasteiger partial charge on any atom is -0.481 e. The predicted octanol–water partition coefficient (Wildman–Crippen LogP) is 1.25. The van der Waals surface area contributed by atoms with E-state index in [4.69, 9.17) is 15.2 Å². The topological polar surface area (TPSA) is 70.3 Å². The molecule has 0 aliphatic heterocycles. The lowest BCUT2D eigenvalue weighted by molar-refractivity contribution is 0.279. The van der Waals surface area contributed by atoms with Gasteiger partial charge in [0.25, 0.3) is 0 Å². The van der Waals surface area contributed by atoms with E-state index in [1.54, 1.807) is 6.07 Å². The van der Waals surface area contributed by atoms with E-state index in [9.17, 15) is 0 Å². The Labute approximate surface area is 83.3 Å². The van der Waals surface area contributed by atoms with Gasteiger partial charge in [-0.1, -0.05) is 13.3 Å². The summed E-state index contributed by atoms with van der Waals surface area (Å²) in [5, 5.41) is 0. The number of aromatic nitrogens is 2. The van der Waals surface area contributed by atoms with Crippen LogP contribution in [-0.4, -0.2) is 23.7 Å². The third-order valence-electron chi connectivity index (χ3n) is 1.64. The minimum absolute atomic E-state index is 0.273. The molecule has 0 spiro atoms. The third-order valence-corrected chi connectivity index (χ3v) is 1.64. The fourth-order valence-corrected chi connectivity index (χ4v) is 0.898. The zero-order chi connectivity index (χ0) is 10.4. The van der Waals surface area contributed by atoms with Crippen LogP contribution >= 0.6 is 0 Å². The lowest BCUT2D eigenvalue weighted by atomic mass is 10.4. The normalized spacial score (nSPS) is 9.86. The SMILES string of the molecule is CCCCOc1nc(N)cc(OC)n1. The number of ether oxygens (including phenoxy) is 2. The quantitative estimate of drug-likeness (QED) is 0.719. The molecule has 0 aromatic carbocycles. The van der Waals surface area contributed by atoms with Crippen molar-refractivity contribution in [3.63, 3.8) is 0 Å². The zero-order valence-electron chi connectivity index (χ0n) is 8.49. The van der Waals surface area contributed by atoms with Gasteiger partial charge in [0.1, 0.15) is 5.82 Å². The van der Waals surface area contributed by atoms with Gasteiger partial charge in [-0.15, -0.1) is 0 Å². The van der Waals surface area contributed by atoms with Crippen molar-refractivity contribution in [3.8, 4) is 11.9 Å². The maximum Gasteiger partial charge on any atom is 0.321 e. The van der Waals surface area contributed by atoms with E-state index in [0.717, 1.165) is 12.8 Å². The second-order valence-corrected chi connectivity index (χ2v) is 2.82. The van der Waals surface area contributed by atoms with E-state index >= 15 is 0 Å². The summed E-state index contributed by atoms with van der Waals surface area (Å²) in [6.45, 7) is 2.69. The molecule has 0 saturated heterocycles. The van der Waals surface area contributed by atoms with Gasteiger partial charge in [0.15, 0.2) is 0 Å². The largest absolute Gasteiger partial charge is 0.481 e. The van der Waals surface area contributed by atoms with Crippen molar-refractivity contribution in [2.75, 3.05) is 19.5 Å². The van der Waals surface area contributed by atoms with E-state index in [2.05, 4.69) is 16.9 Å². The lowest BCUT2D eigenvalue weighted by Gasteiger charge is -2.05. The Bertz CT molecular complexity index is 291. The number of hydrogen-bond acceptors (Lipinski definition) is 5. The first-order valence-electron chi connectivity index (χ1n) is 4.57. The van der Waals surface area contributed by atoms with Gasteiger partial charge in [-0.2, -0.15) is 9.97 Å². The van der Waals surface area contributed by atoms with Gasteiger partial charge in [0.2, 0.25) is 5.88 Å². The Morgan fingerprint density at radius 3 is 2.86 bits per heavy atom. The van der Waals surface area contributed by atoms with Gasteiger partial charge in [-0.3, -0.25) is 0 Å². The highest BCUT2D eigenvalue weighted by atomic mass is 16.5. The van der Waals surface area contributed by atoms with E-state index in [1.807, 2.05) is 0 Å². The summed E-state index contributed by atoms with van der Waals surface area (Å²) in [7, 11) is 1.53. The minimum atomic E-state index is 0.273. The van der Waals surface area contributed by atoms with Crippen molar-refractivity contribution in [2.45, 2.75) is 19.8 Å². The molecule has 14 heavy (non-hydrogen) atoms. The van der Waals surface area contributed by atoms with Gasteiger partial charge in [0, 0.05) is 6.07 Å². The molecule has 0 aliphatic carbocycles. The number of methoxy groups -OCH3 is 1. The Balaban J connectivity index is 2.62. The number of nitrogens with zero attached hydrogens (tertiary/aromatic N) is 2. The summed E-state index contributed by atoms with van der Waals surface area (Å²) >= 11 is 0. The van der Waals surface area contributed by atoms with Gasteiger partial charge in [-0.25, -0.2) is 0 Å². The van der Waals surface area contributed by atoms with Gasteiger partial charge >= 0.3 is 6.01 Å². The van der Waals surface area contributed by atoms with Crippen LogP contribution in [0.2, 0.25) is 0 Å². The van der Waals surface area contributed by atoms with Crippen molar-refractivity contribution >= 4 is 5.82 Å². The van der Waals surface area contributed by atoms with E-state index in [-0.39, 0.29) is 6.01 Å². The molecule has 0 aliphatic rings. The molecule has 5 nitrogen and oxygen atoms in total. The molecular weight excluding hydrogens is 182 g/mol. The van der Waals surface area contributed by atoms with E-state index < -0.39 is 0 Å². The van der Waals surface area contributed by atoms with Crippen LogP contribution in [0.15, 0.2) is 6.07 Å². The molecule has 5 heteroatoms. The molecule has 78 valence electrons. The Kier molecular flexibility index (Phi) is 3.97. The fraction of sp³-hybridized carbons (Fsp3) is 0.556. The third kappa shape index (κ3) is 3.08. The molecule has 0 atom stereocenters. The molecule has 0 unspecified atom stereocenters. The molecule has 0 radical (unpaired) electrons. The highest BCUT2D eigenvalue weighted by Gasteiger charge is 2.02. The maximum atomic E-state index is 5.53. The molecule has 0 saturated carbocycles. The molecule has 0 fully saturated rings. The Morgan fingerprint density at radius 1 is 1.43 bits per heavy atom. The van der Waals surface area contributed by atoms with E-state index in [0.29, 0.717) is 18.3 Å². The van der Waals surface area contributed by atoms with E-state index in [1.165, 1.54) is 7.11 Å². The lowest BCUT2D eigenvalue weighted by Crippen LogP contribution is -2.03. The number of nitrogens with two attached hydrogens (primary N) is 1. The van der Waals surface area contributed by atoms with Crippen LogP contribution in [0.1, 0.15) is 19.8 Å². The first kappa shape index (κ1) is 10.6. The van der Waals surface area contributed by atoms with Crippen molar-refractivity contribution < 1.29 is 9.47 Å². The summed E-state index contributed by atoms with van der Waals surface area (Å²) in [5.41, 5.74) is 5.53. The molecule has 0 bridgehead atoms. The molecule has 1 aromatic rings. The standard InChI is InChI=1S/C9H15N3O2/c1-3-4-5-14-9-11-7(10)6-8(12-9)13-2/h6H,3-5H2,1-2H3,(H2,10,11,12). The average molecular weight is 197 g/mol. The summed E-state index contributed by atoms with van der Waals surface area (Å²) < 4.78 is 10.2. The summed E-state index contributed by atoms with van der Waals surface area (Å²) in [5.74, 6) is 0.771. The number of anilines is 1. The molecule has 1 rings (SSSR count). The molecule has 1 aromatic heterocycles. The van der Waals surface area contributed by atoms with Crippen LogP contribution in [0.4, 0.5) is 5.82 Å². The number of nitrogen functional groups attached to an aromatic ring is 1. The number of hydrogen-bond donors (Lipinski definition) is 1. The van der Waals surface area contributed by atoms with Crippen LogP contribution in [0, 0.1) is 0 Å². The molecule has 0 amide bonds. The average Bonchev–Trinajstić information content (AvgIpc) is 2.17. The molecule has 1 heterocycles. The van der Waals surface area contributed by atoms with Crippen LogP contribution in [-0.2, 0) is 0 Å². The number of unbranched alkanes of at least 4 members (excludes halogenated alkanes) is 1. The number of rotatable bonds is 5. The van der Waals surface area contributed by atoms with Crippen molar-refractivity contribution in [3.05, 3.63) is 6.07 Å². The first-order chi connectivity index (χ1) is 6.76. The zero-order valence-corrected chi connectivity index (χ0v) is 8.49. The molecular formula is C9H15N3O2. The highest BCUT2D eigenvalue weighted by molar-refractivity contribution is 5.34. The summed E-state index contributed by atoms with van der Waals surface area (Å²) in [6.07, 6.45) is 2.04. The monoisotopic (exact) mass is 197 g/mol. The Morgan fingerprint density at radius 2 is 2.21 bits per heavy atom. The smallest absolute Gasteiger partial charge is 0.321 e. The van der Waals surface area contributed by atoms with Gasteiger partial charge < -0.3 is 15.2 Å².